The minimum atomic E-state index is 0.635. The summed E-state index contributed by atoms with van der Waals surface area (Å²) in [5, 5.41) is 2.05. The van der Waals surface area contributed by atoms with Crippen LogP contribution in [0.15, 0.2) is 29.8 Å². The first-order valence-electron chi connectivity index (χ1n) is 3.87. The summed E-state index contributed by atoms with van der Waals surface area (Å²) in [6.07, 6.45) is 1.50. The van der Waals surface area contributed by atoms with Gasteiger partial charge in [-0.05, 0) is 36.6 Å². The van der Waals surface area contributed by atoms with Crippen molar-refractivity contribution in [3.63, 3.8) is 0 Å². The van der Waals surface area contributed by atoms with Crippen LogP contribution in [0.5, 0.6) is 0 Å². The molecule has 0 bridgehead atoms. The molecule has 0 aliphatic rings. The molecule has 1 rings (SSSR count). The van der Waals surface area contributed by atoms with Crippen molar-refractivity contribution in [1.82, 2.24) is 0 Å². The SMILES string of the molecule is C=C(Cl)CCc1cc(Cl)ccc1Cl. The summed E-state index contributed by atoms with van der Waals surface area (Å²) in [4.78, 5) is 0. The topological polar surface area (TPSA) is 0 Å². The normalized spacial score (nSPS) is 10.1. The lowest BCUT2D eigenvalue weighted by molar-refractivity contribution is 0.990. The summed E-state index contributed by atoms with van der Waals surface area (Å²) < 4.78 is 0. The molecular formula is C10H9Cl3. The average Bonchev–Trinajstić information content (AvgIpc) is 2.06. The zero-order valence-corrected chi connectivity index (χ0v) is 9.26. The second kappa shape index (κ2) is 4.90. The van der Waals surface area contributed by atoms with Crippen molar-refractivity contribution < 1.29 is 0 Å². The molecule has 0 heterocycles. The highest BCUT2D eigenvalue weighted by Gasteiger charge is 2.01. The molecule has 0 unspecified atom stereocenters. The van der Waals surface area contributed by atoms with Crippen LogP contribution >= 0.6 is 34.8 Å². The molecule has 70 valence electrons. The van der Waals surface area contributed by atoms with Gasteiger partial charge < -0.3 is 0 Å². The fraction of sp³-hybridized carbons (Fsp3) is 0.200. The Bertz CT molecular complexity index is 318. The van der Waals surface area contributed by atoms with E-state index in [0.717, 1.165) is 23.4 Å². The van der Waals surface area contributed by atoms with E-state index < -0.39 is 0 Å². The van der Waals surface area contributed by atoms with Crippen LogP contribution in [0.3, 0.4) is 0 Å². The fourth-order valence-electron chi connectivity index (χ4n) is 1.01. The van der Waals surface area contributed by atoms with Gasteiger partial charge in [0.2, 0.25) is 0 Å². The summed E-state index contributed by atoms with van der Waals surface area (Å²) in [6.45, 7) is 3.61. The Labute approximate surface area is 93.1 Å². The lowest BCUT2D eigenvalue weighted by atomic mass is 10.1. The van der Waals surface area contributed by atoms with E-state index in [4.69, 9.17) is 34.8 Å². The Hall–Kier alpha value is -0.170. The Kier molecular flexibility index (Phi) is 4.11. The van der Waals surface area contributed by atoms with E-state index in [1.54, 1.807) is 12.1 Å². The van der Waals surface area contributed by atoms with E-state index in [2.05, 4.69) is 6.58 Å². The molecule has 0 aromatic heterocycles. The number of hydrogen-bond donors (Lipinski definition) is 0. The Morgan fingerprint density at radius 1 is 1.31 bits per heavy atom. The van der Waals surface area contributed by atoms with E-state index in [1.807, 2.05) is 6.07 Å². The number of aryl methyl sites for hydroxylation is 1. The zero-order valence-electron chi connectivity index (χ0n) is 6.99. The van der Waals surface area contributed by atoms with Gasteiger partial charge in [-0.15, -0.1) is 0 Å². The molecule has 0 saturated heterocycles. The van der Waals surface area contributed by atoms with Gasteiger partial charge in [0.25, 0.3) is 0 Å². The van der Waals surface area contributed by atoms with Gasteiger partial charge in [0.15, 0.2) is 0 Å². The first-order valence-corrected chi connectivity index (χ1v) is 5.00. The van der Waals surface area contributed by atoms with Gasteiger partial charge >= 0.3 is 0 Å². The molecule has 0 aliphatic heterocycles. The number of allylic oxidation sites excluding steroid dienone is 1. The Morgan fingerprint density at radius 3 is 2.62 bits per heavy atom. The highest BCUT2D eigenvalue weighted by Crippen LogP contribution is 2.23. The highest BCUT2D eigenvalue weighted by atomic mass is 35.5. The van der Waals surface area contributed by atoms with Gasteiger partial charge in [0.1, 0.15) is 0 Å². The van der Waals surface area contributed by atoms with Gasteiger partial charge in [-0.2, -0.15) is 0 Å². The van der Waals surface area contributed by atoms with Crippen LogP contribution in [0.1, 0.15) is 12.0 Å². The highest BCUT2D eigenvalue weighted by molar-refractivity contribution is 6.33. The van der Waals surface area contributed by atoms with Gasteiger partial charge in [-0.3, -0.25) is 0 Å². The van der Waals surface area contributed by atoms with Crippen LogP contribution in [0.2, 0.25) is 10.0 Å². The quantitative estimate of drug-likeness (QED) is 0.714. The van der Waals surface area contributed by atoms with Crippen LogP contribution < -0.4 is 0 Å². The summed E-state index contributed by atoms with van der Waals surface area (Å²) >= 11 is 17.4. The van der Waals surface area contributed by atoms with E-state index in [1.165, 1.54) is 0 Å². The third kappa shape index (κ3) is 3.60. The molecule has 0 amide bonds. The molecule has 0 saturated carbocycles. The van der Waals surface area contributed by atoms with Crippen molar-refractivity contribution in [3.05, 3.63) is 45.4 Å². The number of rotatable bonds is 3. The Balaban J connectivity index is 2.75. The van der Waals surface area contributed by atoms with Crippen LogP contribution in [0.4, 0.5) is 0 Å². The van der Waals surface area contributed by atoms with Crippen molar-refractivity contribution in [2.45, 2.75) is 12.8 Å². The number of benzene rings is 1. The Morgan fingerprint density at radius 2 is 2.00 bits per heavy atom. The van der Waals surface area contributed by atoms with Crippen LogP contribution in [0.25, 0.3) is 0 Å². The third-order valence-electron chi connectivity index (χ3n) is 1.67. The maximum atomic E-state index is 5.95. The van der Waals surface area contributed by atoms with E-state index in [0.29, 0.717) is 10.1 Å². The number of halogens is 3. The van der Waals surface area contributed by atoms with E-state index >= 15 is 0 Å². The van der Waals surface area contributed by atoms with Crippen LogP contribution in [0, 0.1) is 0 Å². The third-order valence-corrected chi connectivity index (χ3v) is 2.47. The van der Waals surface area contributed by atoms with Crippen LogP contribution in [-0.4, -0.2) is 0 Å². The van der Waals surface area contributed by atoms with Crippen molar-refractivity contribution >= 4 is 34.8 Å². The van der Waals surface area contributed by atoms with Gasteiger partial charge in [0.05, 0.1) is 0 Å². The molecule has 0 atom stereocenters. The summed E-state index contributed by atoms with van der Waals surface area (Å²) in [7, 11) is 0. The monoisotopic (exact) mass is 234 g/mol. The molecular weight excluding hydrogens is 226 g/mol. The maximum absolute atomic E-state index is 5.95. The lowest BCUT2D eigenvalue weighted by Gasteiger charge is -2.03. The standard InChI is InChI=1S/C10H9Cl3/c1-7(11)2-3-8-6-9(12)4-5-10(8)13/h4-6H,1-3H2. The van der Waals surface area contributed by atoms with Crippen molar-refractivity contribution in [3.8, 4) is 0 Å². The lowest BCUT2D eigenvalue weighted by Crippen LogP contribution is -1.86. The van der Waals surface area contributed by atoms with Crippen molar-refractivity contribution in [1.29, 1.82) is 0 Å². The molecule has 3 heteroatoms. The molecule has 13 heavy (non-hydrogen) atoms. The fourth-order valence-corrected chi connectivity index (χ4v) is 1.51. The van der Waals surface area contributed by atoms with E-state index in [9.17, 15) is 0 Å². The average molecular weight is 236 g/mol. The van der Waals surface area contributed by atoms with Crippen molar-refractivity contribution in [2.24, 2.45) is 0 Å². The van der Waals surface area contributed by atoms with E-state index in [-0.39, 0.29) is 0 Å². The number of hydrogen-bond acceptors (Lipinski definition) is 0. The smallest absolute Gasteiger partial charge is 0.0439 e. The summed E-state index contributed by atoms with van der Waals surface area (Å²) in [5.74, 6) is 0. The largest absolute Gasteiger partial charge is 0.0898 e. The first kappa shape index (κ1) is 10.9. The molecule has 0 fully saturated rings. The van der Waals surface area contributed by atoms with Gasteiger partial charge in [0, 0.05) is 15.1 Å². The maximum Gasteiger partial charge on any atom is 0.0439 e. The van der Waals surface area contributed by atoms with Gasteiger partial charge in [-0.1, -0.05) is 41.4 Å². The minimum absolute atomic E-state index is 0.635. The molecule has 1 aromatic rings. The summed E-state index contributed by atoms with van der Waals surface area (Å²) in [5.41, 5.74) is 1.01. The predicted octanol–water partition coefficient (Wildman–Crippen LogP) is 4.68. The van der Waals surface area contributed by atoms with Crippen LogP contribution in [-0.2, 0) is 6.42 Å². The van der Waals surface area contributed by atoms with Crippen molar-refractivity contribution in [2.75, 3.05) is 0 Å². The molecule has 0 aliphatic carbocycles. The molecule has 0 N–H and O–H groups in total. The molecule has 0 nitrogen and oxygen atoms in total. The van der Waals surface area contributed by atoms with Gasteiger partial charge in [-0.25, -0.2) is 0 Å². The molecule has 0 spiro atoms. The molecule has 1 aromatic carbocycles. The minimum Gasteiger partial charge on any atom is -0.0898 e. The zero-order chi connectivity index (χ0) is 9.84. The molecule has 0 radical (unpaired) electrons. The predicted molar refractivity (Wildman–Crippen MR) is 59.8 cm³/mol. The second-order valence-corrected chi connectivity index (χ2v) is 4.13. The first-order chi connectivity index (χ1) is 6.09. The second-order valence-electron chi connectivity index (χ2n) is 2.75. The summed E-state index contributed by atoms with van der Waals surface area (Å²) in [6, 6.07) is 5.41.